The third kappa shape index (κ3) is 2.30. The zero-order valence-corrected chi connectivity index (χ0v) is 12.3. The van der Waals surface area contributed by atoms with E-state index in [1.54, 1.807) is 0 Å². The van der Waals surface area contributed by atoms with Crippen molar-refractivity contribution in [3.05, 3.63) is 35.4 Å². The summed E-state index contributed by atoms with van der Waals surface area (Å²) >= 11 is 0. The van der Waals surface area contributed by atoms with Gasteiger partial charge in [0.15, 0.2) is 9.84 Å². The maximum atomic E-state index is 11.9. The molecule has 2 rings (SSSR count). The predicted octanol–water partition coefficient (Wildman–Crippen LogP) is 0.663. The summed E-state index contributed by atoms with van der Waals surface area (Å²) in [5.74, 6) is -0.0663. The zero-order valence-electron chi connectivity index (χ0n) is 11.5. The lowest BCUT2D eigenvalue weighted by atomic mass is 9.98. The van der Waals surface area contributed by atoms with Crippen molar-refractivity contribution in [2.45, 2.75) is 24.5 Å². The van der Waals surface area contributed by atoms with Crippen LogP contribution in [0.3, 0.4) is 0 Å². The highest BCUT2D eigenvalue weighted by atomic mass is 32.2. The van der Waals surface area contributed by atoms with Crippen LogP contribution in [0.25, 0.3) is 0 Å². The molecule has 5 heteroatoms. The Hall–Kier alpha value is -0.910. The number of aryl methyl sites for hydroxylation is 1. The minimum Gasteiger partial charge on any atom is -0.330 e. The van der Waals surface area contributed by atoms with E-state index in [1.165, 1.54) is 11.8 Å². The van der Waals surface area contributed by atoms with Crippen LogP contribution >= 0.6 is 0 Å². The van der Waals surface area contributed by atoms with Gasteiger partial charge in [-0.2, -0.15) is 0 Å². The minimum absolute atomic E-state index is 0.0663. The summed E-state index contributed by atoms with van der Waals surface area (Å²) in [6.45, 7) is 2.71. The Labute approximate surface area is 115 Å². The quantitative estimate of drug-likeness (QED) is 0.831. The zero-order chi connectivity index (χ0) is 14.3. The van der Waals surface area contributed by atoms with Crippen LogP contribution in [0.1, 0.15) is 24.0 Å². The van der Waals surface area contributed by atoms with Gasteiger partial charge in [-0.05, 0) is 17.5 Å². The summed E-state index contributed by atoms with van der Waals surface area (Å²) < 4.78 is 23.8. The fraction of sp³-hybridized carbons (Fsp3) is 0.571. The van der Waals surface area contributed by atoms with Crippen molar-refractivity contribution < 1.29 is 8.42 Å². The maximum Gasteiger partial charge on any atom is 0.151 e. The van der Waals surface area contributed by atoms with Crippen LogP contribution in [0.15, 0.2) is 24.3 Å². The molecular weight excluding hydrogens is 260 g/mol. The molecule has 106 valence electrons. The fourth-order valence-electron chi connectivity index (χ4n) is 3.16. The minimum atomic E-state index is -3.13. The molecule has 1 aliphatic carbocycles. The second kappa shape index (κ2) is 4.89. The molecule has 1 saturated carbocycles. The molecule has 0 heterocycles. The van der Waals surface area contributed by atoms with E-state index in [9.17, 15) is 8.42 Å². The van der Waals surface area contributed by atoms with Gasteiger partial charge in [-0.25, -0.2) is 8.42 Å². The highest BCUT2D eigenvalue weighted by molar-refractivity contribution is 7.91. The summed E-state index contributed by atoms with van der Waals surface area (Å²) in [6.07, 6.45) is 2.25. The molecule has 1 fully saturated rings. The summed E-state index contributed by atoms with van der Waals surface area (Å²) in [7, 11) is -3.13. The molecule has 1 aromatic carbocycles. The first-order chi connectivity index (χ1) is 8.90. The van der Waals surface area contributed by atoms with Crippen molar-refractivity contribution in [2.24, 2.45) is 16.9 Å². The summed E-state index contributed by atoms with van der Waals surface area (Å²) in [5, 5.41) is -0.442. The second-order valence-corrected chi connectivity index (χ2v) is 7.63. The number of sulfone groups is 1. The smallest absolute Gasteiger partial charge is 0.151 e. The Bertz CT molecular complexity index is 547. The van der Waals surface area contributed by atoms with E-state index in [4.69, 9.17) is 11.5 Å². The molecule has 2 atom stereocenters. The molecule has 0 radical (unpaired) electrons. The van der Waals surface area contributed by atoms with Crippen LogP contribution in [0.5, 0.6) is 0 Å². The van der Waals surface area contributed by atoms with Gasteiger partial charge >= 0.3 is 0 Å². The van der Waals surface area contributed by atoms with E-state index in [-0.39, 0.29) is 5.92 Å². The van der Waals surface area contributed by atoms with Gasteiger partial charge in [0.2, 0.25) is 0 Å². The van der Waals surface area contributed by atoms with Gasteiger partial charge in [-0.3, -0.25) is 0 Å². The van der Waals surface area contributed by atoms with E-state index in [2.05, 4.69) is 6.92 Å². The van der Waals surface area contributed by atoms with Crippen LogP contribution in [-0.4, -0.2) is 33.0 Å². The normalized spacial score (nSPS) is 25.3. The van der Waals surface area contributed by atoms with Gasteiger partial charge < -0.3 is 11.5 Å². The second-order valence-electron chi connectivity index (χ2n) is 5.46. The Morgan fingerprint density at radius 1 is 1.16 bits per heavy atom. The van der Waals surface area contributed by atoms with Gasteiger partial charge in [-0.1, -0.05) is 31.2 Å². The molecule has 4 nitrogen and oxygen atoms in total. The molecule has 4 N–H and O–H groups in total. The van der Waals surface area contributed by atoms with E-state index in [0.717, 1.165) is 12.0 Å². The predicted molar refractivity (Wildman–Crippen MR) is 77.7 cm³/mol. The first-order valence-electron chi connectivity index (χ1n) is 6.58. The SMILES string of the molecule is CCc1ccc([C@H]2[C@H](S(C)(=O)=O)C2(CN)CN)cc1. The van der Waals surface area contributed by atoms with Crippen molar-refractivity contribution in [3.8, 4) is 0 Å². The third-order valence-electron chi connectivity index (χ3n) is 4.35. The van der Waals surface area contributed by atoms with Crippen molar-refractivity contribution in [3.63, 3.8) is 0 Å². The first kappa shape index (κ1) is 14.5. The molecule has 1 aromatic rings. The van der Waals surface area contributed by atoms with Crippen LogP contribution in [0, 0.1) is 5.41 Å². The van der Waals surface area contributed by atoms with Crippen LogP contribution in [0.4, 0.5) is 0 Å². The number of hydrogen-bond donors (Lipinski definition) is 2. The molecule has 0 saturated heterocycles. The largest absolute Gasteiger partial charge is 0.330 e. The Kier molecular flexibility index (Phi) is 3.73. The van der Waals surface area contributed by atoms with Gasteiger partial charge in [0.1, 0.15) is 0 Å². The molecule has 0 unspecified atom stereocenters. The van der Waals surface area contributed by atoms with Crippen LogP contribution < -0.4 is 11.5 Å². The van der Waals surface area contributed by atoms with E-state index < -0.39 is 20.5 Å². The van der Waals surface area contributed by atoms with Gasteiger partial charge in [0.05, 0.1) is 5.25 Å². The van der Waals surface area contributed by atoms with Crippen molar-refractivity contribution in [1.29, 1.82) is 0 Å². The Morgan fingerprint density at radius 2 is 1.68 bits per heavy atom. The van der Waals surface area contributed by atoms with Gasteiger partial charge in [-0.15, -0.1) is 0 Å². The fourth-order valence-corrected chi connectivity index (χ4v) is 5.20. The van der Waals surface area contributed by atoms with E-state index in [1.807, 2.05) is 24.3 Å². The van der Waals surface area contributed by atoms with Crippen molar-refractivity contribution >= 4 is 9.84 Å². The summed E-state index contributed by atoms with van der Waals surface area (Å²) in [5.41, 5.74) is 13.4. The van der Waals surface area contributed by atoms with Crippen molar-refractivity contribution in [1.82, 2.24) is 0 Å². The standard InChI is InChI=1S/C14H22N2O2S/c1-3-10-4-6-11(7-5-10)12-13(19(2,17)18)14(12,8-15)9-16/h4-7,12-13H,3,8-9,15-16H2,1-2H3/t12-,13-/m0/s1. The lowest BCUT2D eigenvalue weighted by molar-refractivity contribution is 0.511. The van der Waals surface area contributed by atoms with E-state index >= 15 is 0 Å². The summed E-state index contributed by atoms with van der Waals surface area (Å²) in [4.78, 5) is 0. The van der Waals surface area contributed by atoms with Crippen LogP contribution in [0.2, 0.25) is 0 Å². The molecule has 0 spiro atoms. The highest BCUT2D eigenvalue weighted by Gasteiger charge is 2.68. The first-order valence-corrected chi connectivity index (χ1v) is 8.54. The Balaban J connectivity index is 2.37. The molecule has 0 bridgehead atoms. The highest BCUT2D eigenvalue weighted by Crippen LogP contribution is 2.61. The number of rotatable bonds is 5. The molecule has 0 amide bonds. The van der Waals surface area contributed by atoms with Gasteiger partial charge in [0.25, 0.3) is 0 Å². The molecule has 1 aliphatic rings. The number of nitrogens with two attached hydrogens (primary N) is 2. The van der Waals surface area contributed by atoms with Crippen molar-refractivity contribution in [2.75, 3.05) is 19.3 Å². The lowest BCUT2D eigenvalue weighted by Gasteiger charge is -2.12. The molecule has 19 heavy (non-hydrogen) atoms. The maximum absolute atomic E-state index is 11.9. The lowest BCUT2D eigenvalue weighted by Crippen LogP contribution is -2.31. The summed E-state index contributed by atoms with van der Waals surface area (Å²) in [6, 6.07) is 8.11. The van der Waals surface area contributed by atoms with Crippen LogP contribution in [-0.2, 0) is 16.3 Å². The number of hydrogen-bond acceptors (Lipinski definition) is 4. The number of benzene rings is 1. The average molecular weight is 282 g/mol. The van der Waals surface area contributed by atoms with Gasteiger partial charge in [0, 0.05) is 30.7 Å². The topological polar surface area (TPSA) is 86.2 Å². The molecular formula is C14H22N2O2S. The molecule has 0 aromatic heterocycles. The monoisotopic (exact) mass is 282 g/mol. The van der Waals surface area contributed by atoms with E-state index in [0.29, 0.717) is 13.1 Å². The third-order valence-corrected chi connectivity index (χ3v) is 6.01. The molecule has 0 aliphatic heterocycles. The Morgan fingerprint density at radius 3 is 2.00 bits per heavy atom. The average Bonchev–Trinajstić information content (AvgIpc) is 3.09.